The molecule has 3 rings (SSSR count). The van der Waals surface area contributed by atoms with Crippen LogP contribution in [-0.2, 0) is 11.2 Å². The first-order valence-electron chi connectivity index (χ1n) is 7.59. The van der Waals surface area contributed by atoms with E-state index in [2.05, 4.69) is 4.90 Å². The maximum atomic E-state index is 11.5. The normalized spacial score (nSPS) is 18.8. The van der Waals surface area contributed by atoms with Gasteiger partial charge in [0.15, 0.2) is 0 Å². The second kappa shape index (κ2) is 6.16. The van der Waals surface area contributed by atoms with Gasteiger partial charge in [-0.05, 0) is 37.0 Å². The van der Waals surface area contributed by atoms with Gasteiger partial charge in [-0.2, -0.15) is 0 Å². The third kappa shape index (κ3) is 3.17. The molecule has 2 fully saturated rings. The maximum Gasteiger partial charge on any atom is 0.414 e. The molecule has 0 atom stereocenters. The van der Waals surface area contributed by atoms with Crippen LogP contribution in [0.1, 0.15) is 24.8 Å². The van der Waals surface area contributed by atoms with E-state index in [1.807, 2.05) is 24.3 Å². The Kier molecular flexibility index (Phi) is 4.08. The smallest absolute Gasteiger partial charge is 0.414 e. The van der Waals surface area contributed by atoms with Crippen molar-refractivity contribution in [2.75, 3.05) is 31.1 Å². The van der Waals surface area contributed by atoms with Crippen molar-refractivity contribution in [2.45, 2.75) is 25.7 Å². The van der Waals surface area contributed by atoms with Crippen molar-refractivity contribution < 1.29 is 9.53 Å². The number of cyclic esters (lactones) is 1. The van der Waals surface area contributed by atoms with Crippen molar-refractivity contribution in [1.82, 2.24) is 4.90 Å². The Bertz CT molecular complexity index is 521. The minimum absolute atomic E-state index is 0.274. The fourth-order valence-electron chi connectivity index (χ4n) is 2.89. The molecule has 112 valence electrons. The molecule has 21 heavy (non-hydrogen) atoms. The number of amides is 1. The van der Waals surface area contributed by atoms with Crippen LogP contribution in [0.15, 0.2) is 24.3 Å². The zero-order valence-corrected chi connectivity index (χ0v) is 12.2. The lowest BCUT2D eigenvalue weighted by Gasteiger charge is -2.29. The zero-order valence-electron chi connectivity index (χ0n) is 12.2. The van der Waals surface area contributed by atoms with Crippen molar-refractivity contribution in [3.63, 3.8) is 0 Å². The van der Waals surface area contributed by atoms with E-state index in [0.717, 1.165) is 24.3 Å². The van der Waals surface area contributed by atoms with E-state index in [4.69, 9.17) is 10.1 Å². The van der Waals surface area contributed by atoms with Crippen molar-refractivity contribution in [3.05, 3.63) is 29.8 Å². The standard InChI is InChI=1S/C16H21N3O2/c17-15(18-8-2-1-3-9-18)12-13-4-6-14(7-5-13)19-10-11-21-16(19)20/h4-7,17H,1-3,8-12H2. The minimum Gasteiger partial charge on any atom is -0.447 e. The van der Waals surface area contributed by atoms with Crippen LogP contribution in [0.5, 0.6) is 0 Å². The third-order valence-electron chi connectivity index (χ3n) is 4.12. The average molecular weight is 287 g/mol. The minimum atomic E-state index is -0.274. The van der Waals surface area contributed by atoms with Crippen molar-refractivity contribution >= 4 is 17.6 Å². The third-order valence-corrected chi connectivity index (χ3v) is 4.12. The summed E-state index contributed by atoms with van der Waals surface area (Å²) in [5, 5.41) is 8.21. The van der Waals surface area contributed by atoms with Crippen LogP contribution >= 0.6 is 0 Å². The molecule has 1 aromatic carbocycles. The molecule has 5 heteroatoms. The number of ether oxygens (including phenoxy) is 1. The molecule has 2 aliphatic heterocycles. The second-order valence-corrected chi connectivity index (χ2v) is 5.60. The molecule has 2 heterocycles. The van der Waals surface area contributed by atoms with E-state index < -0.39 is 0 Å². The number of carbonyl (C=O) groups excluding carboxylic acids is 1. The summed E-state index contributed by atoms with van der Waals surface area (Å²) in [6.07, 6.45) is 4.05. The van der Waals surface area contributed by atoms with Crippen LogP contribution in [0.2, 0.25) is 0 Å². The number of hydrogen-bond donors (Lipinski definition) is 1. The van der Waals surface area contributed by atoms with Gasteiger partial charge in [0.25, 0.3) is 0 Å². The van der Waals surface area contributed by atoms with Gasteiger partial charge in [0.1, 0.15) is 12.4 Å². The molecule has 1 aromatic rings. The van der Waals surface area contributed by atoms with Crippen molar-refractivity contribution in [3.8, 4) is 0 Å². The SMILES string of the molecule is N=C(Cc1ccc(N2CCOC2=O)cc1)N1CCCCC1. The Balaban J connectivity index is 1.61. The fourth-order valence-corrected chi connectivity index (χ4v) is 2.89. The van der Waals surface area contributed by atoms with E-state index in [0.29, 0.717) is 25.4 Å². The summed E-state index contributed by atoms with van der Waals surface area (Å²) in [6.45, 7) is 3.09. The van der Waals surface area contributed by atoms with Gasteiger partial charge in [-0.25, -0.2) is 4.79 Å². The number of amidine groups is 1. The van der Waals surface area contributed by atoms with Gasteiger partial charge in [-0.15, -0.1) is 0 Å². The van der Waals surface area contributed by atoms with E-state index in [1.54, 1.807) is 4.90 Å². The predicted octanol–water partition coefficient (Wildman–Crippen LogP) is 2.65. The number of nitrogens with zero attached hydrogens (tertiary/aromatic N) is 2. The molecule has 0 saturated carbocycles. The molecule has 0 unspecified atom stereocenters. The summed E-state index contributed by atoms with van der Waals surface area (Å²) in [5.41, 5.74) is 1.98. The number of hydrogen-bond acceptors (Lipinski definition) is 3. The predicted molar refractivity (Wildman–Crippen MR) is 82.0 cm³/mol. The highest BCUT2D eigenvalue weighted by atomic mass is 16.6. The number of likely N-dealkylation sites (tertiary alicyclic amines) is 1. The number of rotatable bonds is 3. The molecule has 0 radical (unpaired) electrons. The molecule has 2 aliphatic rings. The first-order chi connectivity index (χ1) is 10.2. The van der Waals surface area contributed by atoms with Crippen LogP contribution in [0.25, 0.3) is 0 Å². The van der Waals surface area contributed by atoms with Crippen LogP contribution in [0.4, 0.5) is 10.5 Å². The van der Waals surface area contributed by atoms with E-state index >= 15 is 0 Å². The van der Waals surface area contributed by atoms with Crippen molar-refractivity contribution in [2.24, 2.45) is 0 Å². The van der Waals surface area contributed by atoms with Crippen LogP contribution in [-0.4, -0.2) is 43.1 Å². The van der Waals surface area contributed by atoms with Crippen LogP contribution < -0.4 is 4.90 Å². The van der Waals surface area contributed by atoms with Gasteiger partial charge in [0, 0.05) is 25.2 Å². The Hall–Kier alpha value is -2.04. The molecule has 5 nitrogen and oxygen atoms in total. The fraction of sp³-hybridized carbons (Fsp3) is 0.500. The maximum absolute atomic E-state index is 11.5. The number of nitrogens with one attached hydrogen (secondary N) is 1. The van der Waals surface area contributed by atoms with E-state index in [-0.39, 0.29) is 6.09 Å². The quantitative estimate of drug-likeness (QED) is 0.687. The van der Waals surface area contributed by atoms with E-state index in [9.17, 15) is 4.79 Å². The van der Waals surface area contributed by atoms with Gasteiger partial charge in [0.2, 0.25) is 0 Å². The second-order valence-electron chi connectivity index (χ2n) is 5.60. The number of benzene rings is 1. The Labute approximate surface area is 125 Å². The molecule has 1 amide bonds. The summed E-state index contributed by atoms with van der Waals surface area (Å²) in [4.78, 5) is 15.3. The van der Waals surface area contributed by atoms with Gasteiger partial charge in [0.05, 0.1) is 6.54 Å². The number of anilines is 1. The lowest BCUT2D eigenvalue weighted by atomic mass is 10.1. The lowest BCUT2D eigenvalue weighted by molar-refractivity contribution is 0.181. The first kappa shape index (κ1) is 13.9. The largest absolute Gasteiger partial charge is 0.447 e. The van der Waals surface area contributed by atoms with Crippen LogP contribution in [0.3, 0.4) is 0 Å². The van der Waals surface area contributed by atoms with E-state index in [1.165, 1.54) is 19.3 Å². The highest BCUT2D eigenvalue weighted by Gasteiger charge is 2.23. The Morgan fingerprint density at radius 3 is 2.43 bits per heavy atom. The zero-order chi connectivity index (χ0) is 14.7. The van der Waals surface area contributed by atoms with Crippen molar-refractivity contribution in [1.29, 1.82) is 5.41 Å². The molecule has 2 saturated heterocycles. The number of piperidine rings is 1. The molecule has 0 aliphatic carbocycles. The highest BCUT2D eigenvalue weighted by Crippen LogP contribution is 2.20. The molecule has 0 aromatic heterocycles. The Morgan fingerprint density at radius 2 is 1.81 bits per heavy atom. The Morgan fingerprint density at radius 1 is 1.10 bits per heavy atom. The lowest BCUT2D eigenvalue weighted by Crippen LogP contribution is -2.36. The van der Waals surface area contributed by atoms with Gasteiger partial charge >= 0.3 is 6.09 Å². The summed E-state index contributed by atoms with van der Waals surface area (Å²) in [7, 11) is 0. The van der Waals surface area contributed by atoms with Gasteiger partial charge in [-0.3, -0.25) is 10.3 Å². The molecule has 0 bridgehead atoms. The summed E-state index contributed by atoms with van der Waals surface area (Å²) < 4.78 is 4.94. The van der Waals surface area contributed by atoms with Gasteiger partial charge in [-0.1, -0.05) is 12.1 Å². The molecular weight excluding hydrogens is 266 g/mol. The molecule has 1 N–H and O–H groups in total. The van der Waals surface area contributed by atoms with Crippen LogP contribution in [0, 0.1) is 5.41 Å². The van der Waals surface area contributed by atoms with Gasteiger partial charge < -0.3 is 9.64 Å². The first-order valence-corrected chi connectivity index (χ1v) is 7.59. The molecular formula is C16H21N3O2. The molecule has 0 spiro atoms. The topological polar surface area (TPSA) is 56.6 Å². The summed E-state index contributed by atoms with van der Waals surface area (Å²) >= 11 is 0. The monoisotopic (exact) mass is 287 g/mol. The summed E-state index contributed by atoms with van der Waals surface area (Å²) in [6, 6.07) is 7.87. The highest BCUT2D eigenvalue weighted by molar-refractivity contribution is 5.89. The number of carbonyl (C=O) groups is 1. The average Bonchev–Trinajstić information content (AvgIpc) is 2.95. The summed E-state index contributed by atoms with van der Waals surface area (Å²) in [5.74, 6) is 0.697.